The summed E-state index contributed by atoms with van der Waals surface area (Å²) in [5.41, 5.74) is 1.84. The van der Waals surface area contributed by atoms with Gasteiger partial charge in [-0.1, -0.05) is 12.1 Å². The molecule has 2 aromatic rings. The van der Waals surface area contributed by atoms with E-state index in [9.17, 15) is 4.79 Å². The van der Waals surface area contributed by atoms with Crippen LogP contribution in [-0.4, -0.2) is 25.1 Å². The van der Waals surface area contributed by atoms with Crippen molar-refractivity contribution in [1.29, 1.82) is 0 Å². The predicted molar refractivity (Wildman–Crippen MR) is 79.3 cm³/mol. The number of carbonyl (C=O) groups is 1. The molecule has 0 aliphatic carbocycles. The molecule has 0 atom stereocenters. The third-order valence-corrected chi connectivity index (χ3v) is 3.03. The molecule has 0 unspecified atom stereocenters. The summed E-state index contributed by atoms with van der Waals surface area (Å²) in [6, 6.07) is 9.26. The van der Waals surface area contributed by atoms with Crippen molar-refractivity contribution in [3.63, 3.8) is 0 Å². The van der Waals surface area contributed by atoms with Gasteiger partial charge in [0.15, 0.2) is 11.5 Å². The second-order valence-electron chi connectivity index (χ2n) is 4.50. The normalized spacial score (nSPS) is 10.0. The quantitative estimate of drug-likeness (QED) is 0.882. The van der Waals surface area contributed by atoms with E-state index in [0.717, 1.165) is 11.1 Å². The maximum Gasteiger partial charge on any atom is 0.224 e. The fourth-order valence-electron chi connectivity index (χ4n) is 1.94. The number of aromatic nitrogens is 1. The van der Waals surface area contributed by atoms with Crippen LogP contribution in [0.1, 0.15) is 11.1 Å². The average Bonchev–Trinajstić information content (AvgIpc) is 2.53. The molecule has 0 spiro atoms. The molecule has 1 aromatic heterocycles. The fourth-order valence-corrected chi connectivity index (χ4v) is 1.94. The van der Waals surface area contributed by atoms with E-state index in [1.165, 1.54) is 0 Å². The third-order valence-electron chi connectivity index (χ3n) is 3.03. The van der Waals surface area contributed by atoms with Crippen molar-refractivity contribution >= 4 is 5.91 Å². The molecule has 0 aliphatic rings. The molecule has 1 N–H and O–H groups in total. The summed E-state index contributed by atoms with van der Waals surface area (Å²) in [7, 11) is 3.18. The first-order chi connectivity index (χ1) is 10.2. The van der Waals surface area contributed by atoms with Crippen LogP contribution < -0.4 is 14.8 Å². The highest BCUT2D eigenvalue weighted by atomic mass is 16.5. The number of pyridine rings is 1. The summed E-state index contributed by atoms with van der Waals surface area (Å²) in [5.74, 6) is 1.28. The molecule has 0 saturated heterocycles. The minimum atomic E-state index is -0.0437. The molecular weight excluding hydrogens is 268 g/mol. The van der Waals surface area contributed by atoms with Gasteiger partial charge in [-0.3, -0.25) is 9.78 Å². The summed E-state index contributed by atoms with van der Waals surface area (Å²) in [6.45, 7) is 0.444. The van der Waals surface area contributed by atoms with Gasteiger partial charge in [0.05, 0.1) is 20.6 Å². The summed E-state index contributed by atoms with van der Waals surface area (Å²) in [4.78, 5) is 15.9. The molecule has 1 amide bonds. The van der Waals surface area contributed by atoms with E-state index >= 15 is 0 Å². The van der Waals surface area contributed by atoms with E-state index in [1.54, 1.807) is 26.6 Å². The second-order valence-corrected chi connectivity index (χ2v) is 4.50. The smallest absolute Gasteiger partial charge is 0.224 e. The lowest BCUT2D eigenvalue weighted by Crippen LogP contribution is -2.24. The highest BCUT2D eigenvalue weighted by molar-refractivity contribution is 5.78. The van der Waals surface area contributed by atoms with Crippen LogP contribution in [0.15, 0.2) is 42.7 Å². The maximum absolute atomic E-state index is 11.9. The summed E-state index contributed by atoms with van der Waals surface area (Å²) < 4.78 is 10.4. The Kier molecular flexibility index (Phi) is 5.15. The Labute approximate surface area is 123 Å². The molecule has 5 nitrogen and oxygen atoms in total. The van der Waals surface area contributed by atoms with E-state index in [4.69, 9.17) is 9.47 Å². The molecule has 2 rings (SSSR count). The van der Waals surface area contributed by atoms with Crippen LogP contribution >= 0.6 is 0 Å². The Balaban J connectivity index is 1.92. The van der Waals surface area contributed by atoms with Crippen molar-refractivity contribution in [2.75, 3.05) is 14.2 Å². The highest BCUT2D eigenvalue weighted by Gasteiger charge is 2.06. The largest absolute Gasteiger partial charge is 0.493 e. The van der Waals surface area contributed by atoms with Crippen molar-refractivity contribution < 1.29 is 14.3 Å². The molecule has 0 fully saturated rings. The first-order valence-electron chi connectivity index (χ1n) is 6.59. The van der Waals surface area contributed by atoms with Gasteiger partial charge in [0, 0.05) is 18.9 Å². The summed E-state index contributed by atoms with van der Waals surface area (Å²) in [6.07, 6.45) is 3.70. The van der Waals surface area contributed by atoms with Gasteiger partial charge in [-0.25, -0.2) is 0 Å². The van der Waals surface area contributed by atoms with Gasteiger partial charge in [-0.2, -0.15) is 0 Å². The number of nitrogens with one attached hydrogen (secondary N) is 1. The van der Waals surface area contributed by atoms with Gasteiger partial charge < -0.3 is 14.8 Å². The summed E-state index contributed by atoms with van der Waals surface area (Å²) >= 11 is 0. The van der Waals surface area contributed by atoms with E-state index in [0.29, 0.717) is 24.5 Å². The maximum atomic E-state index is 11.9. The molecule has 0 aliphatic heterocycles. The Bertz CT molecular complexity index is 600. The van der Waals surface area contributed by atoms with Gasteiger partial charge in [0.25, 0.3) is 0 Å². The molecule has 0 bridgehead atoms. The van der Waals surface area contributed by atoms with Crippen LogP contribution in [0, 0.1) is 0 Å². The monoisotopic (exact) mass is 286 g/mol. The van der Waals surface area contributed by atoms with Gasteiger partial charge in [0.2, 0.25) is 5.91 Å². The third kappa shape index (κ3) is 4.21. The predicted octanol–water partition coefficient (Wildman–Crippen LogP) is 1.96. The summed E-state index contributed by atoms with van der Waals surface area (Å²) in [5, 5.41) is 2.87. The van der Waals surface area contributed by atoms with Crippen LogP contribution in [0.3, 0.4) is 0 Å². The Hall–Kier alpha value is -2.56. The van der Waals surface area contributed by atoms with E-state index in [2.05, 4.69) is 10.3 Å². The van der Waals surface area contributed by atoms with Crippen molar-refractivity contribution in [1.82, 2.24) is 10.3 Å². The number of benzene rings is 1. The molecule has 1 aromatic carbocycles. The lowest BCUT2D eigenvalue weighted by molar-refractivity contribution is -0.120. The van der Waals surface area contributed by atoms with Crippen LogP contribution in [-0.2, 0) is 17.8 Å². The lowest BCUT2D eigenvalue weighted by atomic mass is 10.1. The second kappa shape index (κ2) is 7.28. The topological polar surface area (TPSA) is 60.5 Å². The first-order valence-corrected chi connectivity index (χ1v) is 6.59. The van der Waals surface area contributed by atoms with Crippen molar-refractivity contribution in [3.8, 4) is 11.5 Å². The van der Waals surface area contributed by atoms with Crippen LogP contribution in [0.2, 0.25) is 0 Å². The van der Waals surface area contributed by atoms with Gasteiger partial charge in [-0.05, 0) is 29.3 Å². The van der Waals surface area contributed by atoms with E-state index in [-0.39, 0.29) is 5.91 Å². The Morgan fingerprint density at radius 3 is 2.62 bits per heavy atom. The molecule has 0 saturated carbocycles. The van der Waals surface area contributed by atoms with Gasteiger partial charge in [0.1, 0.15) is 0 Å². The minimum absolute atomic E-state index is 0.0437. The number of hydrogen-bond donors (Lipinski definition) is 1. The Morgan fingerprint density at radius 1 is 1.14 bits per heavy atom. The van der Waals surface area contributed by atoms with E-state index in [1.807, 2.05) is 30.3 Å². The molecule has 21 heavy (non-hydrogen) atoms. The number of nitrogens with zero attached hydrogens (tertiary/aromatic N) is 1. The first kappa shape index (κ1) is 14.8. The number of carbonyl (C=O) groups excluding carboxylic acids is 1. The van der Waals surface area contributed by atoms with Gasteiger partial charge in [-0.15, -0.1) is 0 Å². The molecule has 1 heterocycles. The van der Waals surface area contributed by atoms with Crippen molar-refractivity contribution in [2.45, 2.75) is 13.0 Å². The number of amides is 1. The minimum Gasteiger partial charge on any atom is -0.493 e. The zero-order valence-corrected chi connectivity index (χ0v) is 12.1. The number of rotatable bonds is 6. The zero-order chi connectivity index (χ0) is 15.1. The standard InChI is InChI=1S/C16H18N2O3/c1-20-14-6-5-13(8-15(14)21-2)11-18-16(19)9-12-4-3-7-17-10-12/h3-8,10H,9,11H2,1-2H3,(H,18,19). The SMILES string of the molecule is COc1ccc(CNC(=O)Cc2cccnc2)cc1OC. The van der Waals surface area contributed by atoms with E-state index < -0.39 is 0 Å². The molecule has 5 heteroatoms. The van der Waals surface area contributed by atoms with Crippen LogP contribution in [0.4, 0.5) is 0 Å². The lowest BCUT2D eigenvalue weighted by Gasteiger charge is -2.10. The number of ether oxygens (including phenoxy) is 2. The number of methoxy groups -OCH3 is 2. The van der Waals surface area contributed by atoms with Crippen molar-refractivity contribution in [2.24, 2.45) is 0 Å². The molecule has 110 valence electrons. The number of hydrogen-bond acceptors (Lipinski definition) is 4. The highest BCUT2D eigenvalue weighted by Crippen LogP contribution is 2.27. The van der Waals surface area contributed by atoms with Crippen LogP contribution in [0.5, 0.6) is 11.5 Å². The Morgan fingerprint density at radius 2 is 1.95 bits per heavy atom. The zero-order valence-electron chi connectivity index (χ0n) is 12.1. The van der Waals surface area contributed by atoms with Crippen molar-refractivity contribution in [3.05, 3.63) is 53.9 Å². The fraction of sp³-hybridized carbons (Fsp3) is 0.250. The molecule has 0 radical (unpaired) electrons. The average molecular weight is 286 g/mol. The van der Waals surface area contributed by atoms with Gasteiger partial charge >= 0.3 is 0 Å². The van der Waals surface area contributed by atoms with Crippen LogP contribution in [0.25, 0.3) is 0 Å². The molecular formula is C16H18N2O3.